The molecule has 3 amide bonds. The van der Waals surface area contributed by atoms with Crippen LogP contribution >= 0.6 is 0 Å². The number of aliphatic hydroxyl groups is 1. The number of carbonyl (C=O) groups is 2. The van der Waals surface area contributed by atoms with Gasteiger partial charge in [-0.2, -0.15) is 0 Å². The maximum Gasteiger partial charge on any atom is 0.317 e. The summed E-state index contributed by atoms with van der Waals surface area (Å²) in [6, 6.07) is -0.308. The second-order valence-electron chi connectivity index (χ2n) is 8.16. The van der Waals surface area contributed by atoms with E-state index in [0.29, 0.717) is 19.6 Å². The van der Waals surface area contributed by atoms with Gasteiger partial charge in [-0.25, -0.2) is 4.79 Å². The van der Waals surface area contributed by atoms with E-state index in [1.54, 1.807) is 4.90 Å². The summed E-state index contributed by atoms with van der Waals surface area (Å²) in [4.78, 5) is 28.9. The highest BCUT2D eigenvalue weighted by Crippen LogP contribution is 2.28. The molecule has 0 saturated carbocycles. The maximum absolute atomic E-state index is 12.6. The molecule has 2 N–H and O–H groups in total. The van der Waals surface area contributed by atoms with E-state index >= 15 is 0 Å². The van der Waals surface area contributed by atoms with Crippen molar-refractivity contribution in [2.24, 2.45) is 0 Å². The molecule has 0 aromatic carbocycles. The van der Waals surface area contributed by atoms with E-state index < -0.39 is 6.10 Å². The van der Waals surface area contributed by atoms with E-state index in [1.807, 2.05) is 11.8 Å². The molecule has 0 radical (unpaired) electrons. The summed E-state index contributed by atoms with van der Waals surface area (Å²) in [5.41, 5.74) is 0. The zero-order chi connectivity index (χ0) is 19.9. The smallest absolute Gasteiger partial charge is 0.317 e. The van der Waals surface area contributed by atoms with Crippen molar-refractivity contribution in [1.29, 1.82) is 0 Å². The zero-order valence-electron chi connectivity index (χ0n) is 17.0. The maximum atomic E-state index is 12.6. The standard InChI is InChI=1S/C20H35N3O5/c1-2-8-21-20(26)23-12-15(24)13-27-14-18-17(23)7-6-16(28-18)11-19(25)22-9-4-3-5-10-22/h15-18,24H,2-14H2,1H3,(H,21,26)/t15-,16-,17+,18-/m1/s1. The fraction of sp³-hybridized carbons (Fsp3) is 0.900. The quantitative estimate of drug-likeness (QED) is 0.742. The number of urea groups is 1. The summed E-state index contributed by atoms with van der Waals surface area (Å²) in [6.45, 7) is 5.06. The minimum Gasteiger partial charge on any atom is -0.389 e. The van der Waals surface area contributed by atoms with Crippen LogP contribution in [0.5, 0.6) is 0 Å². The summed E-state index contributed by atoms with van der Waals surface area (Å²) >= 11 is 0. The molecule has 4 atom stereocenters. The Balaban J connectivity index is 1.60. The number of amides is 3. The summed E-state index contributed by atoms with van der Waals surface area (Å²) < 4.78 is 11.8. The molecular weight excluding hydrogens is 362 g/mol. The van der Waals surface area contributed by atoms with Gasteiger partial charge in [-0.05, 0) is 38.5 Å². The van der Waals surface area contributed by atoms with Crippen molar-refractivity contribution in [3.8, 4) is 0 Å². The monoisotopic (exact) mass is 397 g/mol. The van der Waals surface area contributed by atoms with Crippen LogP contribution in [0.4, 0.5) is 4.79 Å². The number of rotatable bonds is 4. The van der Waals surface area contributed by atoms with Crippen LogP contribution in [0.2, 0.25) is 0 Å². The third kappa shape index (κ3) is 5.58. The van der Waals surface area contributed by atoms with Gasteiger partial charge < -0.3 is 29.7 Å². The molecule has 0 aliphatic carbocycles. The molecule has 28 heavy (non-hydrogen) atoms. The molecule has 3 fully saturated rings. The fourth-order valence-electron chi connectivity index (χ4n) is 4.38. The largest absolute Gasteiger partial charge is 0.389 e. The van der Waals surface area contributed by atoms with Crippen LogP contribution in [-0.2, 0) is 14.3 Å². The number of nitrogens with one attached hydrogen (secondary N) is 1. The lowest BCUT2D eigenvalue weighted by Crippen LogP contribution is -2.59. The highest BCUT2D eigenvalue weighted by atomic mass is 16.5. The lowest BCUT2D eigenvalue weighted by molar-refractivity contribution is -0.155. The highest BCUT2D eigenvalue weighted by Gasteiger charge is 2.40. The van der Waals surface area contributed by atoms with Crippen molar-refractivity contribution in [1.82, 2.24) is 15.1 Å². The van der Waals surface area contributed by atoms with Crippen LogP contribution in [0.25, 0.3) is 0 Å². The van der Waals surface area contributed by atoms with Gasteiger partial charge in [0.25, 0.3) is 0 Å². The molecule has 0 aromatic rings. The molecule has 0 aromatic heterocycles. The Morgan fingerprint density at radius 2 is 1.93 bits per heavy atom. The van der Waals surface area contributed by atoms with Gasteiger partial charge in [0, 0.05) is 19.6 Å². The third-order valence-corrected chi connectivity index (χ3v) is 5.88. The predicted molar refractivity (Wildman–Crippen MR) is 104 cm³/mol. The van der Waals surface area contributed by atoms with E-state index in [1.165, 1.54) is 6.42 Å². The molecule has 3 aliphatic rings. The van der Waals surface area contributed by atoms with Crippen LogP contribution in [0, 0.1) is 0 Å². The van der Waals surface area contributed by atoms with Gasteiger partial charge in [0.2, 0.25) is 5.91 Å². The van der Waals surface area contributed by atoms with Crippen molar-refractivity contribution in [2.45, 2.75) is 76.2 Å². The lowest BCUT2D eigenvalue weighted by atomic mass is 9.94. The molecule has 3 rings (SSSR count). The number of ether oxygens (including phenoxy) is 2. The van der Waals surface area contributed by atoms with E-state index in [0.717, 1.165) is 45.2 Å². The summed E-state index contributed by atoms with van der Waals surface area (Å²) in [6.07, 6.45) is 4.99. The van der Waals surface area contributed by atoms with Gasteiger partial charge in [-0.3, -0.25) is 4.79 Å². The minimum absolute atomic E-state index is 0.135. The predicted octanol–water partition coefficient (Wildman–Crippen LogP) is 1.12. The van der Waals surface area contributed by atoms with E-state index in [2.05, 4.69) is 5.32 Å². The van der Waals surface area contributed by atoms with E-state index in [9.17, 15) is 14.7 Å². The second kappa shape index (κ2) is 10.4. The number of piperidine rings is 1. The van der Waals surface area contributed by atoms with Gasteiger partial charge >= 0.3 is 6.03 Å². The number of β-amino-alcohol motifs (C(OH)–C–C–N with tert-alkyl or cyclic N) is 1. The van der Waals surface area contributed by atoms with Crippen molar-refractivity contribution in [3.63, 3.8) is 0 Å². The zero-order valence-corrected chi connectivity index (χ0v) is 17.0. The van der Waals surface area contributed by atoms with Gasteiger partial charge in [-0.15, -0.1) is 0 Å². The summed E-state index contributed by atoms with van der Waals surface area (Å²) in [7, 11) is 0. The molecular formula is C20H35N3O5. The molecule has 3 heterocycles. The second-order valence-corrected chi connectivity index (χ2v) is 8.16. The van der Waals surface area contributed by atoms with Crippen molar-refractivity contribution in [3.05, 3.63) is 0 Å². The third-order valence-electron chi connectivity index (χ3n) is 5.88. The Kier molecular flexibility index (Phi) is 7.93. The number of hydrogen-bond donors (Lipinski definition) is 2. The minimum atomic E-state index is -0.702. The molecule has 8 heteroatoms. The molecule has 8 nitrogen and oxygen atoms in total. The first-order chi connectivity index (χ1) is 13.6. The Labute approximate surface area is 167 Å². The van der Waals surface area contributed by atoms with Crippen molar-refractivity contribution in [2.75, 3.05) is 39.4 Å². The average molecular weight is 398 g/mol. The number of nitrogens with zero attached hydrogens (tertiary/aromatic N) is 2. The summed E-state index contributed by atoms with van der Waals surface area (Å²) in [5.74, 6) is 0.169. The number of hydrogen-bond acceptors (Lipinski definition) is 5. The van der Waals surface area contributed by atoms with Gasteiger partial charge in [-0.1, -0.05) is 6.92 Å². The SMILES string of the molecule is CCCNC(=O)N1C[C@@H](O)COC[C@H]2O[C@@H](CC(=O)N3CCCCC3)CC[C@@H]21. The number of carbonyl (C=O) groups excluding carboxylic acids is 2. The first kappa shape index (κ1) is 21.3. The van der Waals surface area contributed by atoms with E-state index in [-0.39, 0.29) is 43.3 Å². The highest BCUT2D eigenvalue weighted by molar-refractivity contribution is 5.77. The van der Waals surface area contributed by atoms with Crippen molar-refractivity contribution >= 4 is 11.9 Å². The molecule has 3 aliphatic heterocycles. The topological polar surface area (TPSA) is 91.3 Å². The van der Waals surface area contributed by atoms with Crippen molar-refractivity contribution < 1.29 is 24.2 Å². The van der Waals surface area contributed by atoms with Gasteiger partial charge in [0.15, 0.2) is 0 Å². The first-order valence-corrected chi connectivity index (χ1v) is 10.8. The van der Waals surface area contributed by atoms with Crippen LogP contribution in [0.3, 0.4) is 0 Å². The van der Waals surface area contributed by atoms with Gasteiger partial charge in [0.1, 0.15) is 6.10 Å². The average Bonchev–Trinajstić information content (AvgIpc) is 2.70. The molecule has 0 unspecified atom stereocenters. The Hall–Kier alpha value is -1.38. The van der Waals surface area contributed by atoms with Crippen LogP contribution in [0.15, 0.2) is 0 Å². The fourth-order valence-corrected chi connectivity index (χ4v) is 4.38. The first-order valence-electron chi connectivity index (χ1n) is 10.8. The normalized spacial score (nSPS) is 31.5. The molecule has 160 valence electrons. The lowest BCUT2D eigenvalue weighted by Gasteiger charge is -2.44. The van der Waals surface area contributed by atoms with Gasteiger partial charge in [0.05, 0.1) is 44.4 Å². The molecule has 3 saturated heterocycles. The number of likely N-dealkylation sites (tertiary alicyclic amines) is 1. The molecule has 0 bridgehead atoms. The number of fused-ring (bicyclic) bond motifs is 1. The summed E-state index contributed by atoms with van der Waals surface area (Å²) in [5, 5.41) is 13.0. The Morgan fingerprint density at radius 3 is 2.68 bits per heavy atom. The van der Waals surface area contributed by atoms with Crippen LogP contribution < -0.4 is 5.32 Å². The number of aliphatic hydroxyl groups excluding tert-OH is 1. The Morgan fingerprint density at radius 1 is 1.14 bits per heavy atom. The molecule has 0 spiro atoms. The van der Waals surface area contributed by atoms with Crippen LogP contribution in [-0.4, -0.2) is 90.6 Å². The van der Waals surface area contributed by atoms with E-state index in [4.69, 9.17) is 9.47 Å². The van der Waals surface area contributed by atoms with Crippen LogP contribution in [0.1, 0.15) is 51.9 Å². The Bertz CT molecular complexity index is 526.